The molecule has 20 heavy (non-hydrogen) atoms. The lowest BCUT2D eigenvalue weighted by molar-refractivity contribution is -0.137. The number of thioether (sulfide) groups is 1. The number of rotatable bonds is 7. The summed E-state index contributed by atoms with van der Waals surface area (Å²) in [5.74, 6) is -1.10. The van der Waals surface area contributed by atoms with Gasteiger partial charge in [-0.15, -0.1) is 11.8 Å². The summed E-state index contributed by atoms with van der Waals surface area (Å²) in [6.45, 7) is 1.96. The third kappa shape index (κ3) is 4.59. The lowest BCUT2D eigenvalue weighted by Crippen LogP contribution is -2.36. The molecule has 0 aliphatic heterocycles. The molecule has 0 bridgehead atoms. The molecule has 0 saturated carbocycles. The highest BCUT2D eigenvalue weighted by molar-refractivity contribution is 7.99. The number of hydrogen-bond acceptors (Lipinski definition) is 4. The molecule has 0 aliphatic carbocycles. The average molecular weight is 292 g/mol. The van der Waals surface area contributed by atoms with Gasteiger partial charge in [0.15, 0.2) is 0 Å². The molecule has 0 spiro atoms. The summed E-state index contributed by atoms with van der Waals surface area (Å²) in [5.41, 5.74) is 0.447. The third-order valence-corrected chi connectivity index (χ3v) is 3.46. The fraction of sp³-hybridized carbons (Fsp3) is 0.357. The van der Waals surface area contributed by atoms with Crippen molar-refractivity contribution in [3.63, 3.8) is 0 Å². The second-order valence-electron chi connectivity index (χ2n) is 4.06. The van der Waals surface area contributed by atoms with E-state index in [4.69, 9.17) is 10.4 Å². The summed E-state index contributed by atoms with van der Waals surface area (Å²) in [7, 11) is 0. The number of benzene rings is 1. The molecule has 1 aromatic rings. The Bertz CT molecular complexity index is 525. The number of hydrogen-bond donors (Lipinski definition) is 1. The fourth-order valence-corrected chi connectivity index (χ4v) is 2.44. The van der Waals surface area contributed by atoms with Crippen LogP contribution in [0.5, 0.6) is 0 Å². The molecule has 5 nitrogen and oxygen atoms in total. The van der Waals surface area contributed by atoms with E-state index in [9.17, 15) is 9.59 Å². The number of amides is 1. The summed E-state index contributed by atoms with van der Waals surface area (Å²) < 4.78 is 0. The zero-order chi connectivity index (χ0) is 15.0. The van der Waals surface area contributed by atoms with Crippen LogP contribution in [0.25, 0.3) is 0 Å². The summed E-state index contributed by atoms with van der Waals surface area (Å²) in [4.78, 5) is 25.3. The molecule has 0 radical (unpaired) electrons. The minimum Gasteiger partial charge on any atom is -0.480 e. The van der Waals surface area contributed by atoms with Crippen LogP contribution in [0.1, 0.15) is 23.7 Å². The zero-order valence-electron chi connectivity index (χ0n) is 11.2. The van der Waals surface area contributed by atoms with Gasteiger partial charge in [-0.05, 0) is 18.6 Å². The van der Waals surface area contributed by atoms with E-state index in [1.54, 1.807) is 24.3 Å². The summed E-state index contributed by atoms with van der Waals surface area (Å²) in [6.07, 6.45) is 0.687. The van der Waals surface area contributed by atoms with Crippen LogP contribution in [0, 0.1) is 11.3 Å². The van der Waals surface area contributed by atoms with Gasteiger partial charge in [0.05, 0.1) is 17.4 Å². The first-order valence-electron chi connectivity index (χ1n) is 6.20. The van der Waals surface area contributed by atoms with Gasteiger partial charge in [-0.3, -0.25) is 9.59 Å². The molecule has 0 aromatic heterocycles. The Hall–Kier alpha value is -2.00. The second kappa shape index (κ2) is 8.23. The Morgan fingerprint density at radius 1 is 1.40 bits per heavy atom. The van der Waals surface area contributed by atoms with Crippen molar-refractivity contribution in [2.45, 2.75) is 18.2 Å². The monoisotopic (exact) mass is 292 g/mol. The van der Waals surface area contributed by atoms with Gasteiger partial charge in [-0.1, -0.05) is 19.1 Å². The smallest absolute Gasteiger partial charge is 0.323 e. The maximum Gasteiger partial charge on any atom is 0.323 e. The molecule has 1 rings (SSSR count). The maximum absolute atomic E-state index is 12.4. The normalized spacial score (nSPS) is 9.80. The predicted octanol–water partition coefficient (Wildman–Crippen LogP) is 2.24. The first-order valence-corrected chi connectivity index (χ1v) is 7.18. The van der Waals surface area contributed by atoms with Crippen molar-refractivity contribution in [3.8, 4) is 6.07 Å². The fourth-order valence-electron chi connectivity index (χ4n) is 1.74. The number of nitrogens with zero attached hydrogens (tertiary/aromatic N) is 2. The van der Waals surface area contributed by atoms with E-state index in [2.05, 4.69) is 0 Å². The van der Waals surface area contributed by atoms with Crippen molar-refractivity contribution in [2.24, 2.45) is 0 Å². The molecule has 6 heteroatoms. The van der Waals surface area contributed by atoms with E-state index >= 15 is 0 Å². The lowest BCUT2D eigenvalue weighted by Gasteiger charge is -2.21. The highest BCUT2D eigenvalue weighted by atomic mass is 32.2. The van der Waals surface area contributed by atoms with Gasteiger partial charge in [0.25, 0.3) is 5.91 Å². The Morgan fingerprint density at radius 3 is 2.70 bits per heavy atom. The first kappa shape index (κ1) is 16.1. The predicted molar refractivity (Wildman–Crippen MR) is 76.6 cm³/mol. The first-order chi connectivity index (χ1) is 9.60. The minimum atomic E-state index is -1.03. The van der Waals surface area contributed by atoms with Crippen molar-refractivity contribution >= 4 is 23.6 Å². The van der Waals surface area contributed by atoms with Crippen molar-refractivity contribution in [2.75, 3.05) is 18.8 Å². The van der Waals surface area contributed by atoms with Crippen LogP contribution in [-0.2, 0) is 4.79 Å². The highest BCUT2D eigenvalue weighted by Crippen LogP contribution is 2.23. The van der Waals surface area contributed by atoms with E-state index < -0.39 is 5.97 Å². The number of carboxylic acid groups (broad SMARTS) is 1. The molecule has 0 unspecified atom stereocenters. The van der Waals surface area contributed by atoms with Crippen molar-refractivity contribution in [1.82, 2.24) is 4.90 Å². The molecule has 1 aromatic carbocycles. The topological polar surface area (TPSA) is 81.4 Å². The van der Waals surface area contributed by atoms with E-state index in [-0.39, 0.29) is 18.2 Å². The molecule has 0 saturated heterocycles. The number of carboxylic acids is 1. The van der Waals surface area contributed by atoms with Crippen molar-refractivity contribution in [3.05, 3.63) is 29.8 Å². The SMILES string of the molecule is CCCN(CC(=O)O)C(=O)c1ccccc1SCC#N. The van der Waals surface area contributed by atoms with Crippen LogP contribution in [-0.4, -0.2) is 40.7 Å². The van der Waals surface area contributed by atoms with Crippen LogP contribution < -0.4 is 0 Å². The zero-order valence-corrected chi connectivity index (χ0v) is 12.0. The van der Waals surface area contributed by atoms with Gasteiger partial charge in [0, 0.05) is 11.4 Å². The van der Waals surface area contributed by atoms with E-state index in [1.165, 1.54) is 16.7 Å². The molecular weight excluding hydrogens is 276 g/mol. The number of carbonyl (C=O) groups excluding carboxylic acids is 1. The largest absolute Gasteiger partial charge is 0.480 e. The Balaban J connectivity index is 2.98. The van der Waals surface area contributed by atoms with Gasteiger partial charge >= 0.3 is 5.97 Å². The molecule has 106 valence electrons. The minimum absolute atomic E-state index is 0.247. The highest BCUT2D eigenvalue weighted by Gasteiger charge is 2.20. The maximum atomic E-state index is 12.4. The Kier molecular flexibility index (Phi) is 6.60. The van der Waals surface area contributed by atoms with E-state index in [0.29, 0.717) is 23.4 Å². The van der Waals surface area contributed by atoms with Gasteiger partial charge < -0.3 is 10.0 Å². The molecule has 0 atom stereocenters. The van der Waals surface area contributed by atoms with E-state index in [1.807, 2.05) is 13.0 Å². The summed E-state index contributed by atoms with van der Waals surface area (Å²) in [6, 6.07) is 8.96. The van der Waals surface area contributed by atoms with Crippen LogP contribution >= 0.6 is 11.8 Å². The number of nitriles is 1. The van der Waals surface area contributed by atoms with Crippen LogP contribution in [0.4, 0.5) is 0 Å². The lowest BCUT2D eigenvalue weighted by atomic mass is 10.2. The molecule has 0 aliphatic rings. The molecule has 1 amide bonds. The quantitative estimate of drug-likeness (QED) is 0.779. The molecule has 0 fully saturated rings. The third-order valence-electron chi connectivity index (χ3n) is 2.52. The second-order valence-corrected chi connectivity index (χ2v) is 5.08. The number of carbonyl (C=O) groups is 2. The Morgan fingerprint density at radius 2 is 2.10 bits per heavy atom. The molecular formula is C14H16N2O3S. The number of aliphatic carboxylic acids is 1. The standard InChI is InChI=1S/C14H16N2O3S/c1-2-8-16(10-13(17)18)14(19)11-5-3-4-6-12(11)20-9-7-15/h3-6H,2,8-10H2,1H3,(H,17,18). The van der Waals surface area contributed by atoms with Gasteiger partial charge in [-0.2, -0.15) is 5.26 Å². The average Bonchev–Trinajstić information content (AvgIpc) is 2.44. The van der Waals surface area contributed by atoms with Gasteiger partial charge in [0.2, 0.25) is 0 Å². The molecule has 1 N–H and O–H groups in total. The van der Waals surface area contributed by atoms with Crippen LogP contribution in [0.2, 0.25) is 0 Å². The van der Waals surface area contributed by atoms with E-state index in [0.717, 1.165) is 0 Å². The Labute approximate surface area is 122 Å². The van der Waals surface area contributed by atoms with Gasteiger partial charge in [-0.25, -0.2) is 0 Å². The van der Waals surface area contributed by atoms with Crippen molar-refractivity contribution in [1.29, 1.82) is 5.26 Å². The van der Waals surface area contributed by atoms with Crippen LogP contribution in [0.15, 0.2) is 29.2 Å². The van der Waals surface area contributed by atoms with Crippen LogP contribution in [0.3, 0.4) is 0 Å². The summed E-state index contributed by atoms with van der Waals surface area (Å²) >= 11 is 1.27. The van der Waals surface area contributed by atoms with Gasteiger partial charge in [0.1, 0.15) is 6.54 Å². The summed E-state index contributed by atoms with van der Waals surface area (Å²) in [5, 5.41) is 17.5. The van der Waals surface area contributed by atoms with Crippen molar-refractivity contribution < 1.29 is 14.7 Å². The molecule has 0 heterocycles.